The van der Waals surface area contributed by atoms with Crippen LogP contribution in [0.1, 0.15) is 19.3 Å². The van der Waals surface area contributed by atoms with Crippen molar-refractivity contribution in [1.82, 2.24) is 4.98 Å². The molecule has 5 rings (SSSR count). The molecule has 1 aliphatic rings. The van der Waals surface area contributed by atoms with Gasteiger partial charge in [-0.3, -0.25) is 9.78 Å². The third-order valence-corrected chi connectivity index (χ3v) is 9.17. The van der Waals surface area contributed by atoms with E-state index in [2.05, 4.69) is 9.88 Å². The zero-order chi connectivity index (χ0) is 26.5. The molecule has 1 saturated heterocycles. The zero-order valence-electron chi connectivity index (χ0n) is 21.0. The first-order valence-electron chi connectivity index (χ1n) is 12.8. The molecule has 196 valence electrons. The quantitative estimate of drug-likeness (QED) is 0.270. The van der Waals surface area contributed by atoms with E-state index in [4.69, 9.17) is 11.6 Å². The molecule has 2 heterocycles. The van der Waals surface area contributed by atoms with Crippen LogP contribution in [-0.4, -0.2) is 44.7 Å². The summed E-state index contributed by atoms with van der Waals surface area (Å²) in [6.45, 7) is 1.94. The maximum Gasteiger partial charge on any atom is 0.230 e. The van der Waals surface area contributed by atoms with Crippen molar-refractivity contribution in [2.75, 3.05) is 35.2 Å². The van der Waals surface area contributed by atoms with Gasteiger partial charge >= 0.3 is 0 Å². The first kappa shape index (κ1) is 26.2. The summed E-state index contributed by atoms with van der Waals surface area (Å²) in [6, 6.07) is 24.0. The van der Waals surface area contributed by atoms with E-state index in [0.717, 1.165) is 48.1 Å². The molecule has 8 heteroatoms. The lowest BCUT2D eigenvalue weighted by Gasteiger charge is -2.35. The third kappa shape index (κ3) is 6.00. The Labute approximate surface area is 228 Å². The molecular formula is C30H30ClN3O3S. The fraction of sp³-hybridized carbons (Fsp3) is 0.267. The van der Waals surface area contributed by atoms with Gasteiger partial charge in [0.1, 0.15) is 0 Å². The number of halogens is 1. The van der Waals surface area contributed by atoms with Crippen LogP contribution in [0.3, 0.4) is 0 Å². The van der Waals surface area contributed by atoms with Gasteiger partial charge in [0.05, 0.1) is 10.6 Å². The number of para-hydroxylation sites is 1. The van der Waals surface area contributed by atoms with E-state index >= 15 is 0 Å². The molecule has 0 radical (unpaired) electrons. The Hall–Kier alpha value is -3.42. The lowest BCUT2D eigenvalue weighted by atomic mass is 9.94. The average Bonchev–Trinajstić information content (AvgIpc) is 2.95. The van der Waals surface area contributed by atoms with Crippen LogP contribution in [-0.2, 0) is 14.6 Å². The number of fused-ring (bicyclic) bond motifs is 1. The minimum Gasteiger partial charge on any atom is -0.371 e. The summed E-state index contributed by atoms with van der Waals surface area (Å²) >= 11 is 6.06. The number of amides is 1. The molecule has 0 atom stereocenters. The molecule has 3 aromatic carbocycles. The molecule has 1 fully saturated rings. The lowest BCUT2D eigenvalue weighted by molar-refractivity contribution is -0.123. The van der Waals surface area contributed by atoms with Gasteiger partial charge in [0.15, 0.2) is 9.84 Å². The Morgan fingerprint density at radius 2 is 1.61 bits per heavy atom. The van der Waals surface area contributed by atoms with Crippen LogP contribution in [0.25, 0.3) is 10.8 Å². The van der Waals surface area contributed by atoms with E-state index in [0.29, 0.717) is 18.0 Å². The number of benzene rings is 3. The van der Waals surface area contributed by atoms with Crippen LogP contribution in [0.5, 0.6) is 0 Å². The number of pyridine rings is 1. The molecule has 1 aromatic heterocycles. The topological polar surface area (TPSA) is 70.6 Å². The second-order valence-corrected chi connectivity index (χ2v) is 12.2. The number of anilines is 2. The Morgan fingerprint density at radius 3 is 2.34 bits per heavy atom. The monoisotopic (exact) mass is 547 g/mol. The Kier molecular flexibility index (Phi) is 7.95. The SMILES string of the molecule is O=C(C1CCN(c2ccncc2)CC1)N(CCCS(=O)(=O)c1ccc2cc(Cl)ccc2c1)c1ccccc1. The van der Waals surface area contributed by atoms with Crippen molar-refractivity contribution in [2.45, 2.75) is 24.2 Å². The maximum atomic E-state index is 13.7. The summed E-state index contributed by atoms with van der Waals surface area (Å²) in [5.74, 6) is -0.0776. The number of carbonyl (C=O) groups is 1. The summed E-state index contributed by atoms with van der Waals surface area (Å²) in [5.41, 5.74) is 1.92. The van der Waals surface area contributed by atoms with Gasteiger partial charge in [0, 0.05) is 54.3 Å². The smallest absolute Gasteiger partial charge is 0.230 e. The van der Waals surface area contributed by atoms with E-state index in [1.807, 2.05) is 54.6 Å². The van der Waals surface area contributed by atoms with E-state index in [9.17, 15) is 13.2 Å². The highest BCUT2D eigenvalue weighted by Gasteiger charge is 2.29. The van der Waals surface area contributed by atoms with Gasteiger partial charge in [-0.1, -0.05) is 41.9 Å². The molecule has 0 unspecified atom stereocenters. The molecule has 0 spiro atoms. The predicted molar refractivity (Wildman–Crippen MR) is 154 cm³/mol. The van der Waals surface area contributed by atoms with Crippen LogP contribution in [0.15, 0.2) is 96.2 Å². The molecule has 0 saturated carbocycles. The molecule has 6 nitrogen and oxygen atoms in total. The number of carbonyl (C=O) groups excluding carboxylic acids is 1. The van der Waals surface area contributed by atoms with E-state index < -0.39 is 9.84 Å². The Balaban J connectivity index is 1.26. The van der Waals surface area contributed by atoms with Gasteiger partial charge < -0.3 is 9.80 Å². The number of hydrogen-bond donors (Lipinski definition) is 0. The van der Waals surface area contributed by atoms with Crippen molar-refractivity contribution in [1.29, 1.82) is 0 Å². The van der Waals surface area contributed by atoms with Crippen molar-refractivity contribution in [3.8, 4) is 0 Å². The molecule has 4 aromatic rings. The van der Waals surface area contributed by atoms with Gasteiger partial charge in [-0.25, -0.2) is 8.42 Å². The van der Waals surface area contributed by atoms with Crippen LogP contribution in [0.4, 0.5) is 11.4 Å². The normalized spacial score (nSPS) is 14.5. The molecule has 0 bridgehead atoms. The number of aromatic nitrogens is 1. The number of piperidine rings is 1. The van der Waals surface area contributed by atoms with Crippen LogP contribution < -0.4 is 9.80 Å². The van der Waals surface area contributed by atoms with E-state index in [1.165, 1.54) is 0 Å². The van der Waals surface area contributed by atoms with Gasteiger partial charge in [-0.2, -0.15) is 0 Å². The lowest BCUT2D eigenvalue weighted by Crippen LogP contribution is -2.43. The first-order valence-corrected chi connectivity index (χ1v) is 14.9. The van der Waals surface area contributed by atoms with Gasteiger partial charge in [-0.05, 0) is 78.6 Å². The largest absolute Gasteiger partial charge is 0.371 e. The first-order chi connectivity index (χ1) is 18.4. The van der Waals surface area contributed by atoms with E-state index in [-0.39, 0.29) is 22.5 Å². The molecule has 0 N–H and O–H groups in total. The van der Waals surface area contributed by atoms with Crippen molar-refractivity contribution >= 4 is 49.5 Å². The summed E-state index contributed by atoms with van der Waals surface area (Å²) in [6.07, 6.45) is 5.42. The fourth-order valence-electron chi connectivity index (χ4n) is 5.05. The zero-order valence-corrected chi connectivity index (χ0v) is 22.6. The summed E-state index contributed by atoms with van der Waals surface area (Å²) in [4.78, 5) is 22.1. The number of rotatable bonds is 8. The Bertz CT molecular complexity index is 1510. The van der Waals surface area contributed by atoms with E-state index in [1.54, 1.807) is 41.6 Å². The van der Waals surface area contributed by atoms with Crippen molar-refractivity contribution in [3.05, 3.63) is 96.3 Å². The second kappa shape index (κ2) is 11.5. The maximum absolute atomic E-state index is 13.7. The number of hydrogen-bond acceptors (Lipinski definition) is 5. The van der Waals surface area contributed by atoms with Crippen LogP contribution in [0, 0.1) is 5.92 Å². The van der Waals surface area contributed by atoms with Crippen LogP contribution >= 0.6 is 11.6 Å². The molecule has 1 amide bonds. The predicted octanol–water partition coefficient (Wildman–Crippen LogP) is 6.00. The average molecular weight is 548 g/mol. The minimum absolute atomic E-state index is 0.0385. The highest BCUT2D eigenvalue weighted by atomic mass is 35.5. The molecule has 38 heavy (non-hydrogen) atoms. The van der Waals surface area contributed by atoms with Crippen LogP contribution in [0.2, 0.25) is 5.02 Å². The fourth-order valence-corrected chi connectivity index (χ4v) is 6.56. The van der Waals surface area contributed by atoms with Gasteiger partial charge in [0.2, 0.25) is 5.91 Å². The highest BCUT2D eigenvalue weighted by molar-refractivity contribution is 7.91. The molecule has 0 aliphatic carbocycles. The molecular weight excluding hydrogens is 518 g/mol. The second-order valence-electron chi connectivity index (χ2n) is 9.62. The third-order valence-electron chi connectivity index (χ3n) is 7.13. The summed E-state index contributed by atoms with van der Waals surface area (Å²) < 4.78 is 26.3. The van der Waals surface area contributed by atoms with Crippen molar-refractivity contribution < 1.29 is 13.2 Å². The Morgan fingerprint density at radius 1 is 0.921 bits per heavy atom. The van der Waals surface area contributed by atoms with Crippen molar-refractivity contribution in [3.63, 3.8) is 0 Å². The number of sulfone groups is 1. The summed E-state index contributed by atoms with van der Waals surface area (Å²) in [5, 5.41) is 2.34. The molecule has 1 aliphatic heterocycles. The number of nitrogens with zero attached hydrogens (tertiary/aromatic N) is 3. The summed E-state index contributed by atoms with van der Waals surface area (Å²) in [7, 11) is -3.51. The minimum atomic E-state index is -3.51. The standard InChI is InChI=1S/C30H30ClN3O3S/c31-26-9-7-25-22-29(10-8-24(25)21-26)38(36,37)20-4-17-34(28-5-2-1-3-6-28)30(35)23-13-18-33(19-14-23)27-11-15-32-16-12-27/h1-3,5-12,15-16,21-23H,4,13-14,17-20H2. The highest BCUT2D eigenvalue weighted by Crippen LogP contribution is 2.27. The van der Waals surface area contributed by atoms with Gasteiger partial charge in [0.25, 0.3) is 0 Å². The van der Waals surface area contributed by atoms with Crippen molar-refractivity contribution in [2.24, 2.45) is 5.92 Å². The van der Waals surface area contributed by atoms with Gasteiger partial charge in [-0.15, -0.1) is 0 Å².